The lowest BCUT2D eigenvalue weighted by Gasteiger charge is -2.42. The Labute approximate surface area is 231 Å². The molecule has 2 fully saturated rings. The van der Waals surface area contributed by atoms with Crippen LogP contribution in [0.15, 0.2) is 22.0 Å². The second-order valence-electron chi connectivity index (χ2n) is 11.2. The van der Waals surface area contributed by atoms with Gasteiger partial charge in [-0.05, 0) is 77.2 Å². The molecule has 4 rings (SSSR count). The number of amides is 4. The maximum absolute atomic E-state index is 13.1. The fraction of sp³-hybridized carbons (Fsp3) is 0.704. The zero-order valence-corrected chi connectivity index (χ0v) is 24.7. The van der Waals surface area contributed by atoms with Crippen molar-refractivity contribution in [3.05, 3.63) is 22.0 Å². The molecule has 4 heterocycles. The number of nitrogens with zero attached hydrogens (tertiary/aromatic N) is 2. The lowest BCUT2D eigenvalue weighted by Crippen LogP contribution is -2.55. The van der Waals surface area contributed by atoms with Crippen molar-refractivity contribution in [3.8, 4) is 0 Å². The lowest BCUT2D eigenvalue weighted by molar-refractivity contribution is -0.154. The first-order chi connectivity index (χ1) is 17.5. The van der Waals surface area contributed by atoms with Crippen LogP contribution in [0.3, 0.4) is 0 Å². The fourth-order valence-corrected chi connectivity index (χ4v) is 9.34. The van der Waals surface area contributed by atoms with Gasteiger partial charge in [0.15, 0.2) is 0 Å². The van der Waals surface area contributed by atoms with Crippen LogP contribution in [0.5, 0.6) is 0 Å². The molecule has 0 saturated carbocycles. The molecular weight excluding hydrogens is 529 g/mol. The Bertz CT molecular complexity index is 1070. The summed E-state index contributed by atoms with van der Waals surface area (Å²) >= 11 is 3.21. The summed E-state index contributed by atoms with van der Waals surface area (Å²) in [6.45, 7) is 7.78. The number of hydrogen-bond acceptors (Lipinski definition) is 7. The van der Waals surface area contributed by atoms with E-state index in [4.69, 9.17) is 0 Å². The number of carbonyl (C=O) groups excluding carboxylic acids is 4. The zero-order chi connectivity index (χ0) is 27.0. The van der Waals surface area contributed by atoms with Crippen molar-refractivity contribution >= 4 is 58.0 Å². The third kappa shape index (κ3) is 5.81. The Hall–Kier alpha value is -1.39. The predicted octanol–water partition coefficient (Wildman–Crippen LogP) is 4.25. The molecule has 0 aromatic heterocycles. The highest BCUT2D eigenvalue weighted by molar-refractivity contribution is 8.03. The Kier molecular flexibility index (Phi) is 8.80. The van der Waals surface area contributed by atoms with Crippen molar-refractivity contribution in [1.29, 1.82) is 0 Å². The molecule has 0 radical (unpaired) electrons. The number of imide groups is 2. The smallest absolute Gasteiger partial charge is 0.254 e. The third-order valence-corrected chi connectivity index (χ3v) is 12.0. The molecule has 4 aliphatic rings. The van der Waals surface area contributed by atoms with Crippen molar-refractivity contribution in [1.82, 2.24) is 9.80 Å². The average Bonchev–Trinajstić information content (AvgIpc) is 3.48. The van der Waals surface area contributed by atoms with Crippen LogP contribution >= 0.6 is 23.5 Å². The molecule has 2 saturated heterocycles. The fourth-order valence-electron chi connectivity index (χ4n) is 5.82. The Balaban J connectivity index is 1.26. The van der Waals surface area contributed by atoms with Gasteiger partial charge < -0.3 is 0 Å². The highest BCUT2D eigenvalue weighted by Gasteiger charge is 2.46. The van der Waals surface area contributed by atoms with Gasteiger partial charge in [-0.25, -0.2) is 0 Å². The summed E-state index contributed by atoms with van der Waals surface area (Å²) in [5.74, 6) is 1.73. The van der Waals surface area contributed by atoms with E-state index in [2.05, 4.69) is 0 Å². The minimum absolute atomic E-state index is 0.0832. The van der Waals surface area contributed by atoms with Crippen LogP contribution in [0, 0.1) is 11.8 Å². The monoisotopic (exact) mass is 566 g/mol. The van der Waals surface area contributed by atoms with Crippen LogP contribution in [0.1, 0.15) is 72.6 Å². The maximum Gasteiger partial charge on any atom is 0.254 e. The van der Waals surface area contributed by atoms with Crippen molar-refractivity contribution in [2.45, 2.75) is 83.7 Å². The zero-order valence-electron chi connectivity index (χ0n) is 22.2. The number of thioether (sulfide) groups is 2. The molecule has 0 aromatic carbocycles. The van der Waals surface area contributed by atoms with Gasteiger partial charge >= 0.3 is 0 Å². The number of hydrogen-bond donors (Lipinski definition) is 0. The van der Waals surface area contributed by atoms with E-state index in [-0.39, 0.29) is 35.5 Å². The second kappa shape index (κ2) is 11.4. The number of carbonyl (C=O) groups is 4. The molecule has 0 spiro atoms. The molecule has 4 amide bonds. The first-order valence-corrected chi connectivity index (χ1v) is 16.7. The molecule has 0 bridgehead atoms. The summed E-state index contributed by atoms with van der Waals surface area (Å²) in [4.78, 5) is 56.3. The number of fused-ring (bicyclic) bond motifs is 2. The highest BCUT2D eigenvalue weighted by Crippen LogP contribution is 2.43. The molecule has 10 heteroatoms. The first kappa shape index (κ1) is 28.6. The molecule has 37 heavy (non-hydrogen) atoms. The largest absolute Gasteiger partial charge is 0.274 e. The van der Waals surface area contributed by atoms with Crippen LogP contribution in [0.4, 0.5) is 0 Å². The molecule has 4 unspecified atom stereocenters. The van der Waals surface area contributed by atoms with Gasteiger partial charge in [0.1, 0.15) is 0 Å². The number of rotatable bonds is 11. The van der Waals surface area contributed by atoms with Gasteiger partial charge in [0, 0.05) is 55.3 Å². The quantitative estimate of drug-likeness (QED) is 0.345. The predicted molar refractivity (Wildman–Crippen MR) is 150 cm³/mol. The molecular formula is C27H38N2O5S3. The minimum Gasteiger partial charge on any atom is -0.274 e. The second-order valence-corrected chi connectivity index (χ2v) is 15.2. The summed E-state index contributed by atoms with van der Waals surface area (Å²) in [5.41, 5.74) is -1.22. The lowest BCUT2D eigenvalue weighted by atomic mass is 9.87. The SMILES string of the molecule is CCC(C)(CCCS(=O)CCCC(C)(C)N1C(=O)C=C2SCCC2C1=O)N1C(=O)C=C2SCCC2C1=O. The van der Waals surface area contributed by atoms with Gasteiger partial charge in [0.25, 0.3) is 11.8 Å². The van der Waals surface area contributed by atoms with Crippen molar-refractivity contribution in [2.75, 3.05) is 23.0 Å². The summed E-state index contributed by atoms with van der Waals surface area (Å²) < 4.78 is 12.8. The Morgan fingerprint density at radius 3 is 1.86 bits per heavy atom. The first-order valence-electron chi connectivity index (χ1n) is 13.3. The van der Waals surface area contributed by atoms with E-state index < -0.39 is 21.9 Å². The van der Waals surface area contributed by atoms with Gasteiger partial charge in [-0.2, -0.15) is 0 Å². The van der Waals surface area contributed by atoms with E-state index in [0.717, 1.165) is 34.2 Å². The standard InChI is InChI=1S/C27H38N2O5S3/c1-5-27(4,29-23(31)17-21-19(25(29)33)9-13-36-21)11-7-15-37(34)14-6-10-26(2,3)28-22(30)16-20-18(24(28)32)8-12-35-20/h16-19H,5-15H2,1-4H3. The Morgan fingerprint density at radius 1 is 0.838 bits per heavy atom. The van der Waals surface area contributed by atoms with Gasteiger partial charge in [-0.3, -0.25) is 33.2 Å². The van der Waals surface area contributed by atoms with Crippen LogP contribution < -0.4 is 0 Å². The molecule has 7 nitrogen and oxygen atoms in total. The highest BCUT2D eigenvalue weighted by atomic mass is 32.2. The molecule has 4 aliphatic heterocycles. The minimum atomic E-state index is -1.05. The van der Waals surface area contributed by atoms with Crippen LogP contribution in [0.2, 0.25) is 0 Å². The van der Waals surface area contributed by atoms with E-state index >= 15 is 0 Å². The topological polar surface area (TPSA) is 91.8 Å². The maximum atomic E-state index is 13.1. The van der Waals surface area contributed by atoms with Crippen LogP contribution in [0.25, 0.3) is 0 Å². The third-order valence-electron chi connectivity index (χ3n) is 8.20. The molecule has 0 aromatic rings. The van der Waals surface area contributed by atoms with E-state index in [1.54, 1.807) is 35.7 Å². The summed E-state index contributed by atoms with van der Waals surface area (Å²) in [7, 11) is -1.05. The van der Waals surface area contributed by atoms with Crippen molar-refractivity contribution < 1.29 is 23.4 Å². The Morgan fingerprint density at radius 2 is 1.32 bits per heavy atom. The summed E-state index contributed by atoms with van der Waals surface area (Å²) in [6, 6.07) is 0. The molecule has 0 aliphatic carbocycles. The van der Waals surface area contributed by atoms with Crippen LogP contribution in [-0.2, 0) is 30.0 Å². The van der Waals surface area contributed by atoms with Gasteiger partial charge in [-0.1, -0.05) is 6.92 Å². The molecule has 204 valence electrons. The van der Waals surface area contributed by atoms with E-state index in [1.807, 2.05) is 27.7 Å². The van der Waals surface area contributed by atoms with Gasteiger partial charge in [0.05, 0.1) is 11.8 Å². The van der Waals surface area contributed by atoms with Gasteiger partial charge in [0.2, 0.25) is 11.8 Å². The summed E-state index contributed by atoms with van der Waals surface area (Å²) in [5, 5.41) is 0. The normalized spacial score (nSPS) is 26.6. The van der Waals surface area contributed by atoms with E-state index in [0.29, 0.717) is 43.6 Å². The van der Waals surface area contributed by atoms with Crippen LogP contribution in [-0.4, -0.2) is 71.7 Å². The van der Waals surface area contributed by atoms with Crippen molar-refractivity contribution in [2.24, 2.45) is 11.8 Å². The summed E-state index contributed by atoms with van der Waals surface area (Å²) in [6.07, 6.45) is 7.99. The van der Waals surface area contributed by atoms with E-state index in [9.17, 15) is 23.4 Å². The average molecular weight is 567 g/mol. The molecule has 0 N–H and O–H groups in total. The molecule has 4 atom stereocenters. The van der Waals surface area contributed by atoms with Crippen molar-refractivity contribution in [3.63, 3.8) is 0 Å². The van der Waals surface area contributed by atoms with Gasteiger partial charge in [-0.15, -0.1) is 23.5 Å². The van der Waals surface area contributed by atoms with E-state index in [1.165, 1.54) is 9.80 Å².